The lowest BCUT2D eigenvalue weighted by Crippen LogP contribution is -2.14. The largest absolute Gasteiger partial charge is 0.477 e. The van der Waals surface area contributed by atoms with Gasteiger partial charge in [0.05, 0.1) is 13.0 Å². The van der Waals surface area contributed by atoms with Crippen molar-refractivity contribution in [3.05, 3.63) is 23.9 Å². The van der Waals surface area contributed by atoms with E-state index in [2.05, 4.69) is 4.98 Å². The molecule has 0 saturated heterocycles. The Hall–Kier alpha value is -1.79. The lowest BCUT2D eigenvalue weighted by molar-refractivity contribution is -0.139. The van der Waals surface area contributed by atoms with Gasteiger partial charge in [0.1, 0.15) is 5.84 Å². The fraction of sp³-hybridized carbons (Fsp3) is 0.333. The molecule has 0 aliphatic heterocycles. The Morgan fingerprint density at radius 1 is 1.44 bits per heavy atom. The van der Waals surface area contributed by atoms with E-state index < -0.39 is 19.2 Å². The van der Waals surface area contributed by atoms with Gasteiger partial charge in [-0.1, -0.05) is 0 Å². The smallest absolute Gasteiger partial charge is 0.392 e. The van der Waals surface area contributed by atoms with Crippen LogP contribution in [-0.4, -0.2) is 23.6 Å². The van der Waals surface area contributed by atoms with Crippen molar-refractivity contribution in [2.75, 3.05) is 6.61 Å². The Labute approximate surface area is 89.7 Å². The number of ether oxygens (including phenoxy) is 1. The topological polar surface area (TPSA) is 72.0 Å². The van der Waals surface area contributed by atoms with Crippen LogP contribution >= 0.6 is 0 Å². The first-order valence-electron chi connectivity index (χ1n) is 4.38. The molecule has 0 aliphatic carbocycles. The Morgan fingerprint density at radius 2 is 2.12 bits per heavy atom. The van der Waals surface area contributed by atoms with Gasteiger partial charge in [-0.3, -0.25) is 5.41 Å². The zero-order chi connectivity index (χ0) is 12.2. The van der Waals surface area contributed by atoms with E-state index in [0.717, 1.165) is 0 Å². The van der Waals surface area contributed by atoms with Crippen molar-refractivity contribution < 1.29 is 17.9 Å². The highest BCUT2D eigenvalue weighted by molar-refractivity contribution is 5.94. The van der Waals surface area contributed by atoms with E-state index in [1.165, 1.54) is 18.3 Å². The van der Waals surface area contributed by atoms with Gasteiger partial charge in [-0.25, -0.2) is 4.98 Å². The third kappa shape index (κ3) is 4.16. The number of nitrogens with two attached hydrogens (primary N) is 1. The van der Waals surface area contributed by atoms with Crippen LogP contribution in [0.4, 0.5) is 13.2 Å². The molecular weight excluding hydrogens is 223 g/mol. The van der Waals surface area contributed by atoms with Crippen LogP contribution in [0.1, 0.15) is 12.0 Å². The van der Waals surface area contributed by atoms with Crippen molar-refractivity contribution in [2.45, 2.75) is 12.6 Å². The van der Waals surface area contributed by atoms with E-state index in [1.807, 2.05) is 0 Å². The zero-order valence-electron chi connectivity index (χ0n) is 8.21. The maximum absolute atomic E-state index is 11.8. The van der Waals surface area contributed by atoms with Gasteiger partial charge in [-0.05, 0) is 6.07 Å². The molecule has 0 atom stereocenters. The summed E-state index contributed by atoms with van der Waals surface area (Å²) in [6.07, 6.45) is -3.99. The monoisotopic (exact) mass is 233 g/mol. The minimum absolute atomic E-state index is 0.0780. The maximum Gasteiger partial charge on any atom is 0.392 e. The maximum atomic E-state index is 11.8. The standard InChI is InChI=1S/C9H10F3N3O/c10-9(11,12)3-4-16-7-2-1-6(5-15-7)8(13)14/h1-2,5H,3-4H2,(H3,13,14). The Balaban J connectivity index is 2.47. The minimum atomic E-state index is -4.24. The summed E-state index contributed by atoms with van der Waals surface area (Å²) in [4.78, 5) is 3.71. The summed E-state index contributed by atoms with van der Waals surface area (Å²) in [5, 5.41) is 7.07. The molecule has 1 aromatic heterocycles. The highest BCUT2D eigenvalue weighted by Gasteiger charge is 2.26. The third-order valence-electron chi connectivity index (χ3n) is 1.68. The molecule has 4 nitrogen and oxygen atoms in total. The fourth-order valence-electron chi connectivity index (χ4n) is 0.896. The van der Waals surface area contributed by atoms with Gasteiger partial charge in [-0.2, -0.15) is 13.2 Å². The number of nitrogens with one attached hydrogen (secondary N) is 1. The molecule has 16 heavy (non-hydrogen) atoms. The second kappa shape index (κ2) is 4.82. The number of nitrogen functional groups attached to an aromatic ring is 1. The summed E-state index contributed by atoms with van der Waals surface area (Å²) in [5.41, 5.74) is 5.57. The first-order valence-corrected chi connectivity index (χ1v) is 4.38. The molecule has 1 rings (SSSR count). The van der Waals surface area contributed by atoms with Crippen LogP contribution in [0.3, 0.4) is 0 Å². The number of nitrogens with zero attached hydrogens (tertiary/aromatic N) is 1. The molecule has 7 heteroatoms. The van der Waals surface area contributed by atoms with E-state index in [4.69, 9.17) is 15.9 Å². The molecule has 0 bridgehead atoms. The number of halogens is 3. The quantitative estimate of drug-likeness (QED) is 0.614. The van der Waals surface area contributed by atoms with Gasteiger partial charge in [0.2, 0.25) is 5.88 Å². The molecule has 1 aromatic rings. The van der Waals surface area contributed by atoms with Gasteiger partial charge < -0.3 is 10.5 Å². The van der Waals surface area contributed by atoms with E-state index in [1.54, 1.807) is 0 Å². The average Bonchev–Trinajstić information content (AvgIpc) is 2.16. The van der Waals surface area contributed by atoms with Gasteiger partial charge in [0, 0.05) is 17.8 Å². The van der Waals surface area contributed by atoms with Crippen LogP contribution in [0.25, 0.3) is 0 Å². The van der Waals surface area contributed by atoms with Crippen LogP contribution in [-0.2, 0) is 0 Å². The number of hydrogen-bond acceptors (Lipinski definition) is 3. The van der Waals surface area contributed by atoms with E-state index in [9.17, 15) is 13.2 Å². The molecule has 1 heterocycles. The van der Waals surface area contributed by atoms with Crippen LogP contribution in [0.15, 0.2) is 18.3 Å². The first-order chi connectivity index (χ1) is 7.38. The second-order valence-corrected chi connectivity index (χ2v) is 3.01. The number of alkyl halides is 3. The summed E-state index contributed by atoms with van der Waals surface area (Å²) in [6.45, 7) is -0.476. The lowest BCUT2D eigenvalue weighted by Gasteiger charge is -2.07. The van der Waals surface area contributed by atoms with Gasteiger partial charge in [-0.15, -0.1) is 0 Å². The molecule has 0 aromatic carbocycles. The predicted molar refractivity (Wildman–Crippen MR) is 51.4 cm³/mol. The number of amidine groups is 1. The van der Waals surface area contributed by atoms with Crippen molar-refractivity contribution in [2.24, 2.45) is 5.73 Å². The Bertz CT molecular complexity index is 361. The van der Waals surface area contributed by atoms with Crippen LogP contribution in [0, 0.1) is 5.41 Å². The zero-order valence-corrected chi connectivity index (χ0v) is 8.21. The molecule has 3 N–H and O–H groups in total. The van der Waals surface area contributed by atoms with Crippen molar-refractivity contribution in [1.29, 1.82) is 5.41 Å². The summed E-state index contributed by atoms with van der Waals surface area (Å²) in [5.74, 6) is -0.0800. The van der Waals surface area contributed by atoms with Crippen LogP contribution in [0.2, 0.25) is 0 Å². The van der Waals surface area contributed by atoms with Crippen molar-refractivity contribution in [1.82, 2.24) is 4.98 Å². The van der Waals surface area contributed by atoms with Crippen molar-refractivity contribution in [3.8, 4) is 5.88 Å². The second-order valence-electron chi connectivity index (χ2n) is 3.01. The van der Waals surface area contributed by atoms with Gasteiger partial charge in [0.15, 0.2) is 0 Å². The molecule has 0 spiro atoms. The average molecular weight is 233 g/mol. The number of hydrogen-bond donors (Lipinski definition) is 2. The fourth-order valence-corrected chi connectivity index (χ4v) is 0.896. The number of pyridine rings is 1. The van der Waals surface area contributed by atoms with Crippen LogP contribution < -0.4 is 10.5 Å². The van der Waals surface area contributed by atoms with Crippen molar-refractivity contribution in [3.63, 3.8) is 0 Å². The van der Waals surface area contributed by atoms with Crippen LogP contribution in [0.5, 0.6) is 5.88 Å². The summed E-state index contributed by atoms with van der Waals surface area (Å²) in [7, 11) is 0. The van der Waals surface area contributed by atoms with E-state index >= 15 is 0 Å². The molecule has 0 aliphatic rings. The number of aromatic nitrogens is 1. The van der Waals surface area contributed by atoms with E-state index in [-0.39, 0.29) is 11.7 Å². The highest BCUT2D eigenvalue weighted by Crippen LogP contribution is 2.19. The molecular formula is C9H10F3N3O. The molecule has 0 saturated carbocycles. The summed E-state index contributed by atoms with van der Waals surface area (Å²) >= 11 is 0. The molecule has 0 fully saturated rings. The minimum Gasteiger partial charge on any atom is -0.477 e. The lowest BCUT2D eigenvalue weighted by atomic mass is 10.3. The molecule has 88 valence electrons. The van der Waals surface area contributed by atoms with E-state index in [0.29, 0.717) is 5.56 Å². The van der Waals surface area contributed by atoms with Crippen molar-refractivity contribution >= 4 is 5.84 Å². The Morgan fingerprint density at radius 3 is 2.56 bits per heavy atom. The number of rotatable bonds is 4. The molecule has 0 amide bonds. The SMILES string of the molecule is N=C(N)c1ccc(OCCC(F)(F)F)nc1. The van der Waals surface area contributed by atoms with Gasteiger partial charge >= 0.3 is 6.18 Å². The first kappa shape index (κ1) is 12.3. The highest BCUT2D eigenvalue weighted by atomic mass is 19.4. The molecule has 0 unspecified atom stereocenters. The Kier molecular flexibility index (Phi) is 3.70. The normalized spacial score (nSPS) is 11.2. The molecule has 0 radical (unpaired) electrons. The summed E-state index contributed by atoms with van der Waals surface area (Å²) in [6, 6.07) is 2.82. The summed E-state index contributed by atoms with van der Waals surface area (Å²) < 4.78 is 40.1. The van der Waals surface area contributed by atoms with Gasteiger partial charge in [0.25, 0.3) is 0 Å². The third-order valence-corrected chi connectivity index (χ3v) is 1.68. The predicted octanol–water partition coefficient (Wildman–Crippen LogP) is 1.70.